The van der Waals surface area contributed by atoms with Crippen LogP contribution in [0.4, 0.5) is 18.9 Å². The van der Waals surface area contributed by atoms with Gasteiger partial charge in [-0.05, 0) is 44.6 Å². The molecule has 1 saturated heterocycles. The first-order valence-electron chi connectivity index (χ1n) is 18.0. The Labute approximate surface area is 300 Å². The highest BCUT2D eigenvalue weighted by atomic mass is 19.4. The normalized spacial score (nSPS) is 20.5. The van der Waals surface area contributed by atoms with Crippen LogP contribution in [-0.4, -0.2) is 103 Å². The number of halogens is 3. The average molecular weight is 732 g/mol. The lowest BCUT2D eigenvalue weighted by Crippen LogP contribution is -2.57. The van der Waals surface area contributed by atoms with Crippen LogP contribution in [0.15, 0.2) is 17.2 Å². The highest BCUT2D eigenvalue weighted by molar-refractivity contribution is 5.95. The fourth-order valence-electron chi connectivity index (χ4n) is 7.16. The summed E-state index contributed by atoms with van der Waals surface area (Å²) in [5.41, 5.74) is -0.432. The van der Waals surface area contributed by atoms with E-state index in [-0.39, 0.29) is 74.9 Å². The van der Waals surface area contributed by atoms with Crippen LogP contribution in [0, 0.1) is 12.3 Å². The van der Waals surface area contributed by atoms with Crippen molar-refractivity contribution in [1.82, 2.24) is 39.3 Å². The van der Waals surface area contributed by atoms with Gasteiger partial charge in [0.1, 0.15) is 18.6 Å². The Bertz CT molecular complexity index is 1860. The van der Waals surface area contributed by atoms with Crippen LogP contribution >= 0.6 is 0 Å². The van der Waals surface area contributed by atoms with Crippen molar-refractivity contribution in [3.05, 3.63) is 45.7 Å². The summed E-state index contributed by atoms with van der Waals surface area (Å²) in [6.45, 7) is 10.9. The molecule has 1 saturated carbocycles. The van der Waals surface area contributed by atoms with Gasteiger partial charge in [-0.25, -0.2) is 9.97 Å². The number of ether oxygens (including phenoxy) is 1. The Morgan fingerprint density at radius 3 is 2.38 bits per heavy atom. The summed E-state index contributed by atoms with van der Waals surface area (Å²) >= 11 is 0. The van der Waals surface area contributed by atoms with E-state index < -0.39 is 35.0 Å². The topological polar surface area (TPSA) is 160 Å². The third-order valence-electron chi connectivity index (χ3n) is 9.77. The number of aryl methyl sites for hydroxylation is 1. The summed E-state index contributed by atoms with van der Waals surface area (Å²) in [4.78, 5) is 56.7. The Balaban J connectivity index is 0.00000168. The third kappa shape index (κ3) is 7.64. The molecule has 5 heterocycles. The third-order valence-corrected chi connectivity index (χ3v) is 9.77. The number of anilines is 1. The van der Waals surface area contributed by atoms with Gasteiger partial charge in [-0.15, -0.1) is 5.10 Å². The molecule has 2 N–H and O–H groups in total. The van der Waals surface area contributed by atoms with Crippen molar-refractivity contribution in [1.29, 1.82) is 0 Å². The average Bonchev–Trinajstić information content (AvgIpc) is 3.56. The van der Waals surface area contributed by atoms with Crippen molar-refractivity contribution in [3.8, 4) is 5.75 Å². The Morgan fingerprint density at radius 1 is 1.10 bits per heavy atom. The van der Waals surface area contributed by atoms with Crippen LogP contribution in [0.2, 0.25) is 0 Å². The lowest BCUT2D eigenvalue weighted by Gasteiger charge is -2.48. The zero-order chi connectivity index (χ0) is 37.8. The predicted octanol–water partition coefficient (Wildman–Crippen LogP) is 4.07. The van der Waals surface area contributed by atoms with Crippen molar-refractivity contribution >= 4 is 28.9 Å². The molecule has 284 valence electrons. The number of hydrogen-bond acceptors (Lipinski definition) is 10. The van der Waals surface area contributed by atoms with Crippen molar-refractivity contribution in [2.45, 2.75) is 98.3 Å². The molecule has 2 fully saturated rings. The molecule has 17 heteroatoms. The van der Waals surface area contributed by atoms with Gasteiger partial charge in [-0.3, -0.25) is 14.4 Å². The number of nitrogens with one attached hydrogen (secondary N) is 1. The molecule has 3 aromatic rings. The Kier molecular flexibility index (Phi) is 11.9. The van der Waals surface area contributed by atoms with Gasteiger partial charge in [0.2, 0.25) is 11.7 Å². The molecular formula is C35H48F3N9O5. The van der Waals surface area contributed by atoms with E-state index in [2.05, 4.69) is 39.2 Å². The number of aromatic hydroxyl groups is 1. The maximum Gasteiger partial charge on any atom is 0.394 e. The van der Waals surface area contributed by atoms with Crippen LogP contribution in [0.1, 0.15) is 93.9 Å². The summed E-state index contributed by atoms with van der Waals surface area (Å²) in [6.07, 6.45) is 0.868. The number of carbonyl (C=O) groups excluding carboxylic acids is 2. The number of aromatic nitrogens is 6. The molecule has 0 spiro atoms. The summed E-state index contributed by atoms with van der Waals surface area (Å²) in [6, 6.07) is -0.620. The van der Waals surface area contributed by atoms with Gasteiger partial charge in [0.25, 0.3) is 11.5 Å². The van der Waals surface area contributed by atoms with E-state index in [0.29, 0.717) is 49.7 Å². The van der Waals surface area contributed by atoms with E-state index >= 15 is 0 Å². The van der Waals surface area contributed by atoms with Gasteiger partial charge in [-0.2, -0.15) is 22.7 Å². The number of alkyl halides is 3. The van der Waals surface area contributed by atoms with E-state index in [1.807, 2.05) is 17.9 Å². The molecule has 14 nitrogen and oxygen atoms in total. The molecule has 0 radical (unpaired) electrons. The highest BCUT2D eigenvalue weighted by Crippen LogP contribution is 2.56. The van der Waals surface area contributed by atoms with E-state index in [9.17, 15) is 32.7 Å². The van der Waals surface area contributed by atoms with E-state index in [1.165, 1.54) is 22.2 Å². The molecule has 3 aromatic heterocycles. The largest absolute Gasteiger partial charge is 0.504 e. The maximum atomic E-state index is 14.1. The molecule has 3 aliphatic rings. The molecular weight excluding hydrogens is 683 g/mol. The standard InChI is InChI=1S/C32H40F3N9O5.C3H8/c1-4-8-31(32(33,34)35)15-21(16-31)38-23(45)17-43-22(5-2)25(29(48)44-30(43)39-27(40-44)20-6-13-49-14-7-20)41-9-11-42(12-10-41)28(47)24-26(46)19(3)36-18-37-24;1-3-2/h6,18,21,46H,4-5,7-17H2,1-3H3,(H,38,45);3H2,1-2H3. The molecule has 52 heavy (non-hydrogen) atoms. The van der Waals surface area contributed by atoms with Crippen LogP contribution in [0.3, 0.4) is 0 Å². The molecule has 1 aliphatic carbocycles. The first-order chi connectivity index (χ1) is 24.8. The first kappa shape index (κ1) is 38.7. The van der Waals surface area contributed by atoms with Crippen LogP contribution in [0.25, 0.3) is 11.4 Å². The van der Waals surface area contributed by atoms with Crippen molar-refractivity contribution in [2.75, 3.05) is 44.3 Å². The number of fused-ring (bicyclic) bond motifs is 1. The van der Waals surface area contributed by atoms with Gasteiger partial charge >= 0.3 is 6.18 Å². The minimum atomic E-state index is -4.35. The number of carbonyl (C=O) groups is 2. The first-order valence-corrected chi connectivity index (χ1v) is 18.0. The van der Waals surface area contributed by atoms with Gasteiger partial charge in [-0.1, -0.05) is 46.6 Å². The second-order valence-electron chi connectivity index (χ2n) is 13.6. The fraction of sp³-hybridized carbons (Fsp3) is 0.629. The monoisotopic (exact) mass is 731 g/mol. The number of rotatable bonds is 9. The van der Waals surface area contributed by atoms with Crippen molar-refractivity contribution < 1.29 is 32.6 Å². The lowest BCUT2D eigenvalue weighted by molar-refractivity contribution is -0.259. The van der Waals surface area contributed by atoms with Crippen LogP contribution in [-0.2, 0) is 22.5 Å². The lowest BCUT2D eigenvalue weighted by atomic mass is 9.62. The minimum Gasteiger partial charge on any atom is -0.504 e. The van der Waals surface area contributed by atoms with Gasteiger partial charge in [0, 0.05) is 32.2 Å². The van der Waals surface area contributed by atoms with Gasteiger partial charge in [0.05, 0.1) is 30.0 Å². The Hall–Kier alpha value is -4.54. The smallest absolute Gasteiger partial charge is 0.394 e. The van der Waals surface area contributed by atoms with Crippen LogP contribution in [0.5, 0.6) is 5.75 Å². The van der Waals surface area contributed by atoms with Gasteiger partial charge < -0.3 is 29.5 Å². The quantitative estimate of drug-likeness (QED) is 0.329. The second-order valence-corrected chi connectivity index (χ2v) is 13.6. The zero-order valence-electron chi connectivity index (χ0n) is 30.4. The van der Waals surface area contributed by atoms with E-state index in [0.717, 1.165) is 5.57 Å². The zero-order valence-corrected chi connectivity index (χ0v) is 30.4. The fourth-order valence-corrected chi connectivity index (χ4v) is 7.16. The molecule has 0 unspecified atom stereocenters. The highest BCUT2D eigenvalue weighted by Gasteiger charge is 2.61. The molecule has 2 aliphatic heterocycles. The summed E-state index contributed by atoms with van der Waals surface area (Å²) in [5.74, 6) is -0.757. The molecule has 0 atom stereocenters. The van der Waals surface area contributed by atoms with Gasteiger partial charge in [0.15, 0.2) is 17.3 Å². The molecule has 0 aromatic carbocycles. The predicted molar refractivity (Wildman–Crippen MR) is 187 cm³/mol. The maximum absolute atomic E-state index is 14.1. The summed E-state index contributed by atoms with van der Waals surface area (Å²) < 4.78 is 49.8. The van der Waals surface area contributed by atoms with E-state index in [4.69, 9.17) is 4.74 Å². The summed E-state index contributed by atoms with van der Waals surface area (Å²) in [7, 11) is 0. The molecule has 6 rings (SSSR count). The Morgan fingerprint density at radius 2 is 1.79 bits per heavy atom. The summed E-state index contributed by atoms with van der Waals surface area (Å²) in [5, 5.41) is 17.7. The number of hydrogen-bond donors (Lipinski definition) is 2. The molecule has 2 amide bonds. The SMILES string of the molecule is CCC.CCCC1(C(F)(F)F)CC(NC(=O)Cn2c(CC)c(N3CCN(C(=O)c4ncnc(C)c4O)CC3)c(=O)n3nc(C4=CCOCC4)nc23)C1. The number of piperazine rings is 1. The van der Waals surface area contributed by atoms with Crippen LogP contribution < -0.4 is 15.8 Å². The minimum absolute atomic E-state index is 0.00862. The number of amides is 2. The van der Waals surface area contributed by atoms with Crippen molar-refractivity contribution in [3.63, 3.8) is 0 Å². The second kappa shape index (κ2) is 16.0. The number of nitrogens with zero attached hydrogens (tertiary/aromatic N) is 8. The van der Waals surface area contributed by atoms with Crippen molar-refractivity contribution in [2.24, 2.45) is 5.41 Å². The molecule has 0 bridgehead atoms. The van der Waals surface area contributed by atoms with E-state index in [1.54, 1.807) is 18.4 Å².